The van der Waals surface area contributed by atoms with Crippen molar-refractivity contribution >= 4 is 15.9 Å². The van der Waals surface area contributed by atoms with Gasteiger partial charge in [0.2, 0.25) is 0 Å². The first-order valence-electron chi connectivity index (χ1n) is 7.19. The first kappa shape index (κ1) is 18.2. The Kier molecular flexibility index (Phi) is 8.68. The van der Waals surface area contributed by atoms with E-state index in [1.54, 1.807) is 0 Å². The van der Waals surface area contributed by atoms with E-state index in [0.717, 1.165) is 16.6 Å². The lowest BCUT2D eigenvalue weighted by molar-refractivity contribution is 0.104. The Balaban J connectivity index is 2.41. The van der Waals surface area contributed by atoms with Crippen molar-refractivity contribution in [2.45, 2.75) is 32.4 Å². The second kappa shape index (κ2) is 10.00. The van der Waals surface area contributed by atoms with Crippen LogP contribution in [0.25, 0.3) is 0 Å². The Bertz CT molecular complexity index is 416. The lowest BCUT2D eigenvalue weighted by Gasteiger charge is -2.16. The lowest BCUT2D eigenvalue weighted by atomic mass is 10.3. The molecule has 0 spiro atoms. The van der Waals surface area contributed by atoms with Gasteiger partial charge in [0.25, 0.3) is 0 Å². The summed E-state index contributed by atoms with van der Waals surface area (Å²) >= 11 is 3.44. The van der Waals surface area contributed by atoms with E-state index in [9.17, 15) is 5.11 Å². The fraction of sp³-hybridized carbons (Fsp3) is 0.600. The Morgan fingerprint density at radius 3 is 2.71 bits per heavy atom. The zero-order valence-electron chi connectivity index (χ0n) is 12.6. The predicted molar refractivity (Wildman–Crippen MR) is 87.9 cm³/mol. The van der Waals surface area contributed by atoms with Crippen molar-refractivity contribution in [2.24, 2.45) is 5.73 Å². The van der Waals surface area contributed by atoms with Gasteiger partial charge in [-0.3, -0.25) is 0 Å². The number of hydrogen-bond acceptors (Lipinski definition) is 5. The number of aliphatic hydroxyl groups excluding tert-OH is 1. The second-order valence-electron chi connectivity index (χ2n) is 5.11. The highest BCUT2D eigenvalue weighted by Crippen LogP contribution is 2.29. The molecule has 5 nitrogen and oxygen atoms in total. The van der Waals surface area contributed by atoms with E-state index in [0.29, 0.717) is 31.5 Å². The molecule has 0 heterocycles. The van der Waals surface area contributed by atoms with E-state index in [1.807, 2.05) is 32.0 Å². The van der Waals surface area contributed by atoms with Gasteiger partial charge in [0.05, 0.1) is 11.1 Å². The quantitative estimate of drug-likeness (QED) is 0.555. The highest BCUT2D eigenvalue weighted by molar-refractivity contribution is 9.10. The van der Waals surface area contributed by atoms with Gasteiger partial charge in [0, 0.05) is 12.6 Å². The Labute approximate surface area is 134 Å². The summed E-state index contributed by atoms with van der Waals surface area (Å²) in [5.41, 5.74) is 5.42. The molecule has 0 saturated carbocycles. The van der Waals surface area contributed by atoms with Crippen LogP contribution in [-0.2, 0) is 0 Å². The largest absolute Gasteiger partial charge is 0.494 e. The second-order valence-corrected chi connectivity index (χ2v) is 5.97. The summed E-state index contributed by atoms with van der Waals surface area (Å²) < 4.78 is 11.9. The summed E-state index contributed by atoms with van der Waals surface area (Å²) in [5.74, 6) is 1.45. The minimum absolute atomic E-state index is 0.242. The van der Waals surface area contributed by atoms with E-state index in [1.165, 1.54) is 0 Å². The van der Waals surface area contributed by atoms with Crippen LogP contribution in [0.2, 0.25) is 0 Å². The van der Waals surface area contributed by atoms with Crippen LogP contribution in [0.4, 0.5) is 0 Å². The molecular formula is C15H25BrN2O3. The number of benzene rings is 1. The molecule has 1 unspecified atom stereocenters. The molecule has 0 aromatic heterocycles. The fourth-order valence-electron chi connectivity index (χ4n) is 1.58. The average Bonchev–Trinajstić information content (AvgIpc) is 2.44. The molecule has 0 amide bonds. The van der Waals surface area contributed by atoms with Crippen molar-refractivity contribution in [1.29, 1.82) is 0 Å². The monoisotopic (exact) mass is 360 g/mol. The molecule has 1 rings (SSSR count). The van der Waals surface area contributed by atoms with Crippen LogP contribution in [0.5, 0.6) is 11.5 Å². The van der Waals surface area contributed by atoms with Gasteiger partial charge >= 0.3 is 0 Å². The summed E-state index contributed by atoms with van der Waals surface area (Å²) in [6.07, 6.45) is 0.282. The van der Waals surface area contributed by atoms with E-state index in [-0.39, 0.29) is 6.61 Å². The van der Waals surface area contributed by atoms with Crippen LogP contribution in [0.15, 0.2) is 22.7 Å². The number of nitrogens with two attached hydrogens (primary N) is 1. The SMILES string of the molecule is CC(C)NCC(O)COc1ccc(OCCCN)cc1Br. The number of rotatable bonds is 10. The van der Waals surface area contributed by atoms with Crippen LogP contribution in [0, 0.1) is 0 Å². The molecule has 0 aliphatic heterocycles. The maximum Gasteiger partial charge on any atom is 0.133 e. The van der Waals surface area contributed by atoms with Crippen LogP contribution in [0.3, 0.4) is 0 Å². The zero-order chi connectivity index (χ0) is 15.7. The van der Waals surface area contributed by atoms with Crippen molar-refractivity contribution in [2.75, 3.05) is 26.3 Å². The lowest BCUT2D eigenvalue weighted by Crippen LogP contribution is -2.35. The minimum atomic E-state index is -0.542. The molecule has 0 saturated heterocycles. The Morgan fingerprint density at radius 2 is 2.10 bits per heavy atom. The highest BCUT2D eigenvalue weighted by Gasteiger charge is 2.08. The minimum Gasteiger partial charge on any atom is -0.494 e. The van der Waals surface area contributed by atoms with Crippen molar-refractivity contribution in [3.8, 4) is 11.5 Å². The molecule has 4 N–H and O–H groups in total. The summed E-state index contributed by atoms with van der Waals surface area (Å²) in [6, 6.07) is 5.86. The Hall–Kier alpha value is -0.820. The van der Waals surface area contributed by atoms with Gasteiger partial charge in [0.15, 0.2) is 0 Å². The highest BCUT2D eigenvalue weighted by atomic mass is 79.9. The van der Waals surface area contributed by atoms with Gasteiger partial charge in [0.1, 0.15) is 24.2 Å². The number of halogens is 1. The maximum absolute atomic E-state index is 9.81. The van der Waals surface area contributed by atoms with E-state index < -0.39 is 6.10 Å². The van der Waals surface area contributed by atoms with Gasteiger partial charge in [-0.1, -0.05) is 13.8 Å². The molecule has 1 aromatic carbocycles. The summed E-state index contributed by atoms with van der Waals surface area (Å²) in [7, 11) is 0. The van der Waals surface area contributed by atoms with Gasteiger partial charge in [-0.2, -0.15) is 0 Å². The molecule has 0 aliphatic carbocycles. The first-order valence-corrected chi connectivity index (χ1v) is 7.99. The summed E-state index contributed by atoms with van der Waals surface area (Å²) in [6.45, 7) is 6.04. The summed E-state index contributed by atoms with van der Waals surface area (Å²) in [5, 5.41) is 13.0. The first-order chi connectivity index (χ1) is 10.0. The van der Waals surface area contributed by atoms with Crippen LogP contribution >= 0.6 is 15.9 Å². The topological polar surface area (TPSA) is 76.7 Å². The van der Waals surface area contributed by atoms with Crippen molar-refractivity contribution < 1.29 is 14.6 Å². The third kappa shape index (κ3) is 7.66. The fourth-order valence-corrected chi connectivity index (χ4v) is 2.05. The van der Waals surface area contributed by atoms with Crippen molar-refractivity contribution in [3.05, 3.63) is 22.7 Å². The molecular weight excluding hydrogens is 336 g/mol. The normalized spacial score (nSPS) is 12.5. The van der Waals surface area contributed by atoms with Gasteiger partial charge in [-0.05, 0) is 47.1 Å². The van der Waals surface area contributed by atoms with Crippen LogP contribution in [0.1, 0.15) is 20.3 Å². The molecule has 120 valence electrons. The average molecular weight is 361 g/mol. The van der Waals surface area contributed by atoms with Crippen LogP contribution < -0.4 is 20.5 Å². The number of nitrogens with one attached hydrogen (secondary N) is 1. The number of ether oxygens (including phenoxy) is 2. The number of aliphatic hydroxyl groups is 1. The van der Waals surface area contributed by atoms with Gasteiger partial charge in [-0.15, -0.1) is 0 Å². The van der Waals surface area contributed by atoms with E-state index >= 15 is 0 Å². The molecule has 1 atom stereocenters. The maximum atomic E-state index is 9.81. The zero-order valence-corrected chi connectivity index (χ0v) is 14.2. The Morgan fingerprint density at radius 1 is 1.33 bits per heavy atom. The van der Waals surface area contributed by atoms with Crippen molar-refractivity contribution in [1.82, 2.24) is 5.32 Å². The molecule has 0 fully saturated rings. The number of hydrogen-bond donors (Lipinski definition) is 3. The molecule has 0 radical (unpaired) electrons. The molecule has 1 aromatic rings. The van der Waals surface area contributed by atoms with Crippen LogP contribution in [-0.4, -0.2) is 43.6 Å². The van der Waals surface area contributed by atoms with E-state index in [2.05, 4.69) is 21.2 Å². The summed E-state index contributed by atoms with van der Waals surface area (Å²) in [4.78, 5) is 0. The third-order valence-corrected chi connectivity index (χ3v) is 3.33. The molecule has 0 bridgehead atoms. The predicted octanol–water partition coefficient (Wildman–Crippen LogP) is 1.91. The van der Waals surface area contributed by atoms with Gasteiger partial charge in [-0.25, -0.2) is 0 Å². The molecule has 21 heavy (non-hydrogen) atoms. The molecule has 6 heteroatoms. The van der Waals surface area contributed by atoms with Crippen molar-refractivity contribution in [3.63, 3.8) is 0 Å². The smallest absolute Gasteiger partial charge is 0.133 e. The van der Waals surface area contributed by atoms with E-state index in [4.69, 9.17) is 15.2 Å². The van der Waals surface area contributed by atoms with Gasteiger partial charge < -0.3 is 25.6 Å². The third-order valence-electron chi connectivity index (χ3n) is 2.71. The standard InChI is InChI=1S/C15H25BrN2O3/c1-11(2)18-9-12(19)10-21-15-5-4-13(8-14(15)16)20-7-3-6-17/h4-5,8,11-12,18-19H,3,6-7,9-10,17H2,1-2H3. The molecule has 0 aliphatic rings.